The molecule has 0 rings (SSSR count). The maximum absolute atomic E-state index is 11.2. The van der Waals surface area contributed by atoms with Crippen molar-refractivity contribution in [1.82, 2.24) is 5.32 Å². The van der Waals surface area contributed by atoms with Crippen LogP contribution in [0.2, 0.25) is 0 Å². The van der Waals surface area contributed by atoms with Gasteiger partial charge in [-0.15, -0.1) is 0 Å². The summed E-state index contributed by atoms with van der Waals surface area (Å²) in [7, 11) is 0. The molecule has 1 unspecified atom stereocenters. The minimum absolute atomic E-state index is 0.132. The molecule has 1 radical (unpaired) electrons. The zero-order valence-electron chi connectivity index (χ0n) is 8.68. The third-order valence-electron chi connectivity index (χ3n) is 1.90. The van der Waals surface area contributed by atoms with E-state index in [-0.39, 0.29) is 24.5 Å². The fraction of sp³-hybridized carbons (Fsp3) is 0.667. The second-order valence-electron chi connectivity index (χ2n) is 3.26. The summed E-state index contributed by atoms with van der Waals surface area (Å²) in [5, 5.41) is 10.9. The lowest BCUT2D eigenvalue weighted by atomic mass is 10.1. The largest absolute Gasteiger partial charge is 0.480 e. The lowest BCUT2D eigenvalue weighted by molar-refractivity contribution is -0.138. The summed E-state index contributed by atoms with van der Waals surface area (Å²) >= 11 is 3.85. The van der Waals surface area contributed by atoms with Gasteiger partial charge in [0.05, 0.1) is 0 Å². The Kier molecular flexibility index (Phi) is 7.57. The number of hydrogen-bond donors (Lipinski definition) is 4. The fourth-order valence-electron chi connectivity index (χ4n) is 0.985. The van der Waals surface area contributed by atoms with Crippen molar-refractivity contribution in [2.24, 2.45) is 5.73 Å². The number of amides is 1. The van der Waals surface area contributed by atoms with Crippen LogP contribution in [0.15, 0.2) is 0 Å². The Hall–Kier alpha value is -1.08. The number of hydrogen-bond acceptors (Lipinski definition) is 5. The molecule has 16 heavy (non-hydrogen) atoms. The summed E-state index contributed by atoms with van der Waals surface area (Å²) in [6.07, 6.45) is 2.33. The van der Waals surface area contributed by atoms with Crippen LogP contribution < -0.4 is 11.1 Å². The van der Waals surface area contributed by atoms with E-state index in [0.29, 0.717) is 6.42 Å². The molecular weight excluding hydrogens is 232 g/mol. The molecule has 0 heterocycles. The third-order valence-corrected chi connectivity index (χ3v) is 2.26. The minimum Gasteiger partial charge on any atom is -0.480 e. The van der Waals surface area contributed by atoms with Gasteiger partial charge in [-0.2, -0.15) is 12.6 Å². The highest BCUT2D eigenvalue weighted by atomic mass is 32.1. The number of carbonyl (C=O) groups is 2. The van der Waals surface area contributed by atoms with Gasteiger partial charge in [0.2, 0.25) is 12.2 Å². The van der Waals surface area contributed by atoms with Crippen molar-refractivity contribution in [2.45, 2.75) is 31.3 Å². The highest BCUT2D eigenvalue weighted by Crippen LogP contribution is 1.99. The third kappa shape index (κ3) is 6.41. The normalized spacial score (nSPS) is 13.9. The van der Waals surface area contributed by atoms with Gasteiger partial charge in [0.15, 0.2) is 0 Å². The van der Waals surface area contributed by atoms with E-state index >= 15 is 0 Å². The first-order chi connectivity index (χ1) is 7.51. The Morgan fingerprint density at radius 3 is 2.56 bits per heavy atom. The standard InChI is InChI=1S/C9H15N2O4S/c10-7(9(14)15)2-1-3-8(13)11-6(4-12)5-16/h6-7,16H,1-3,5,10H2,(H,11,13)(H,14,15)/t6-,7?/m1/s1. The van der Waals surface area contributed by atoms with Gasteiger partial charge in [0.1, 0.15) is 12.1 Å². The van der Waals surface area contributed by atoms with Crippen LogP contribution in [-0.2, 0) is 14.4 Å². The molecule has 0 aromatic rings. The zero-order valence-corrected chi connectivity index (χ0v) is 9.57. The van der Waals surface area contributed by atoms with Crippen LogP contribution >= 0.6 is 12.6 Å². The summed E-state index contributed by atoms with van der Waals surface area (Å²) in [5.41, 5.74) is 5.25. The van der Waals surface area contributed by atoms with Crippen molar-refractivity contribution < 1.29 is 19.5 Å². The van der Waals surface area contributed by atoms with Crippen LogP contribution in [-0.4, -0.2) is 41.1 Å². The number of thiol groups is 1. The molecule has 7 heteroatoms. The quantitative estimate of drug-likeness (QED) is 0.415. The van der Waals surface area contributed by atoms with Crippen LogP contribution in [0.25, 0.3) is 0 Å². The topological polar surface area (TPSA) is 109 Å². The molecule has 2 atom stereocenters. The first-order valence-corrected chi connectivity index (χ1v) is 5.40. The van der Waals surface area contributed by atoms with Gasteiger partial charge < -0.3 is 16.2 Å². The number of carboxylic acids is 1. The smallest absolute Gasteiger partial charge is 0.320 e. The molecule has 0 aliphatic carbocycles. The summed E-state index contributed by atoms with van der Waals surface area (Å²) in [5.74, 6) is -1.24. The predicted octanol–water partition coefficient (Wildman–Crippen LogP) is -0.907. The molecule has 0 aromatic carbocycles. The van der Waals surface area contributed by atoms with Crippen molar-refractivity contribution >= 4 is 30.8 Å². The van der Waals surface area contributed by atoms with Crippen molar-refractivity contribution in [3.63, 3.8) is 0 Å². The zero-order chi connectivity index (χ0) is 12.6. The van der Waals surface area contributed by atoms with Crippen molar-refractivity contribution in [2.75, 3.05) is 5.75 Å². The van der Waals surface area contributed by atoms with Gasteiger partial charge in [0.25, 0.3) is 0 Å². The van der Waals surface area contributed by atoms with E-state index < -0.39 is 18.1 Å². The molecule has 0 fully saturated rings. The van der Waals surface area contributed by atoms with Crippen molar-refractivity contribution in [3.05, 3.63) is 0 Å². The average Bonchev–Trinajstić information content (AvgIpc) is 2.25. The van der Waals surface area contributed by atoms with Crippen molar-refractivity contribution in [1.29, 1.82) is 0 Å². The predicted molar refractivity (Wildman–Crippen MR) is 60.9 cm³/mol. The summed E-state index contributed by atoms with van der Waals surface area (Å²) < 4.78 is 0. The lowest BCUT2D eigenvalue weighted by Crippen LogP contribution is -2.37. The van der Waals surface area contributed by atoms with Gasteiger partial charge in [-0.05, 0) is 12.8 Å². The molecule has 0 aliphatic heterocycles. The molecule has 4 N–H and O–H groups in total. The summed E-state index contributed by atoms with van der Waals surface area (Å²) in [6, 6.07) is -1.67. The van der Waals surface area contributed by atoms with Crippen LogP contribution in [0.3, 0.4) is 0 Å². The second kappa shape index (κ2) is 8.12. The van der Waals surface area contributed by atoms with Gasteiger partial charge in [-0.25, -0.2) is 0 Å². The number of carboxylic acid groups (broad SMARTS) is 1. The van der Waals surface area contributed by atoms with Crippen LogP contribution in [0.4, 0.5) is 0 Å². The number of nitrogens with two attached hydrogens (primary N) is 1. The molecule has 1 amide bonds. The van der Waals surface area contributed by atoms with E-state index in [4.69, 9.17) is 10.8 Å². The molecule has 91 valence electrons. The number of carbonyl (C=O) groups excluding carboxylic acids is 2. The van der Waals surface area contributed by atoms with E-state index in [1.165, 1.54) is 0 Å². The number of nitrogens with one attached hydrogen (secondary N) is 1. The monoisotopic (exact) mass is 247 g/mol. The van der Waals surface area contributed by atoms with Gasteiger partial charge >= 0.3 is 5.97 Å². The number of rotatable bonds is 8. The average molecular weight is 247 g/mol. The highest BCUT2D eigenvalue weighted by molar-refractivity contribution is 7.80. The highest BCUT2D eigenvalue weighted by Gasteiger charge is 2.13. The number of aliphatic carboxylic acids is 1. The molecule has 0 aromatic heterocycles. The summed E-state index contributed by atoms with van der Waals surface area (Å²) in [6.45, 7) is 0. The van der Waals surface area contributed by atoms with Crippen LogP contribution in [0.5, 0.6) is 0 Å². The van der Waals surface area contributed by atoms with E-state index in [9.17, 15) is 14.4 Å². The lowest BCUT2D eigenvalue weighted by Gasteiger charge is -2.09. The molecule has 0 saturated carbocycles. The van der Waals surface area contributed by atoms with E-state index in [0.717, 1.165) is 0 Å². The SMILES string of the molecule is NC(CCCC(=O)N[C@H]([C]=O)CS)C(=O)O. The first-order valence-electron chi connectivity index (χ1n) is 4.77. The molecule has 0 saturated heterocycles. The Morgan fingerprint density at radius 2 is 2.12 bits per heavy atom. The van der Waals surface area contributed by atoms with Crippen molar-refractivity contribution in [3.8, 4) is 0 Å². The van der Waals surface area contributed by atoms with E-state index in [1.807, 2.05) is 0 Å². The van der Waals surface area contributed by atoms with E-state index in [1.54, 1.807) is 6.29 Å². The Labute approximate surface area is 99.0 Å². The Morgan fingerprint density at radius 1 is 1.50 bits per heavy atom. The molecule has 0 spiro atoms. The van der Waals surface area contributed by atoms with E-state index in [2.05, 4.69) is 17.9 Å². The first kappa shape index (κ1) is 14.9. The molecular formula is C9H15N2O4S. The van der Waals surface area contributed by atoms with Crippen LogP contribution in [0, 0.1) is 0 Å². The van der Waals surface area contributed by atoms with Crippen LogP contribution in [0.1, 0.15) is 19.3 Å². The Balaban J connectivity index is 3.73. The maximum Gasteiger partial charge on any atom is 0.320 e. The molecule has 6 nitrogen and oxygen atoms in total. The minimum atomic E-state index is -1.09. The molecule has 0 bridgehead atoms. The van der Waals surface area contributed by atoms with Gasteiger partial charge in [0, 0.05) is 12.2 Å². The fourth-order valence-corrected chi connectivity index (χ4v) is 1.15. The second-order valence-corrected chi connectivity index (χ2v) is 3.62. The Bertz CT molecular complexity index is 260. The van der Waals surface area contributed by atoms with Gasteiger partial charge in [-0.3, -0.25) is 14.4 Å². The summed E-state index contributed by atoms with van der Waals surface area (Å²) in [4.78, 5) is 31.8. The maximum atomic E-state index is 11.2. The van der Waals surface area contributed by atoms with Gasteiger partial charge in [-0.1, -0.05) is 0 Å². The molecule has 0 aliphatic rings.